The highest BCUT2D eigenvalue weighted by molar-refractivity contribution is 5.76. The van der Waals surface area contributed by atoms with Gasteiger partial charge < -0.3 is 14.4 Å². The Morgan fingerprint density at radius 1 is 1.17 bits per heavy atom. The minimum atomic E-state index is 0.587. The molecule has 0 unspecified atom stereocenters. The summed E-state index contributed by atoms with van der Waals surface area (Å²) in [6, 6.07) is 13.9. The van der Waals surface area contributed by atoms with Gasteiger partial charge in [0, 0.05) is 24.3 Å². The summed E-state index contributed by atoms with van der Waals surface area (Å²) in [5.41, 5.74) is 3.39. The molecular weight excluding hydrogens is 302 g/mol. The molecule has 0 aromatic heterocycles. The smallest absolute Gasteiger partial charge is 0.161 e. The second kappa shape index (κ2) is 7.86. The Labute approximate surface area is 143 Å². The summed E-state index contributed by atoms with van der Waals surface area (Å²) in [5, 5.41) is 0. The van der Waals surface area contributed by atoms with Crippen LogP contribution in [0.15, 0.2) is 42.5 Å². The number of aryl methyl sites for hydroxylation is 1. The van der Waals surface area contributed by atoms with Crippen molar-refractivity contribution in [1.82, 2.24) is 0 Å². The van der Waals surface area contributed by atoms with Crippen molar-refractivity contribution in [3.63, 3.8) is 0 Å². The van der Waals surface area contributed by atoms with Crippen LogP contribution in [0.5, 0.6) is 11.5 Å². The molecule has 4 heteroatoms. The number of aldehydes is 1. The molecule has 2 aromatic rings. The molecule has 0 N–H and O–H groups in total. The number of para-hydroxylation sites is 1. The van der Waals surface area contributed by atoms with E-state index in [0.717, 1.165) is 25.8 Å². The van der Waals surface area contributed by atoms with E-state index in [1.807, 2.05) is 0 Å². The molecule has 0 fully saturated rings. The second-order valence-corrected chi connectivity index (χ2v) is 5.95. The zero-order valence-corrected chi connectivity index (χ0v) is 14.0. The molecule has 1 aliphatic rings. The van der Waals surface area contributed by atoms with Gasteiger partial charge in [0.25, 0.3) is 0 Å². The van der Waals surface area contributed by atoms with Crippen LogP contribution in [0.3, 0.4) is 0 Å². The van der Waals surface area contributed by atoms with Crippen LogP contribution < -0.4 is 14.4 Å². The highest BCUT2D eigenvalue weighted by atomic mass is 16.5. The predicted octanol–water partition coefficient (Wildman–Crippen LogP) is 3.73. The van der Waals surface area contributed by atoms with Crippen molar-refractivity contribution >= 4 is 12.0 Å². The molecule has 1 heterocycles. The number of nitrogens with zero attached hydrogens (tertiary/aromatic N) is 1. The maximum absolute atomic E-state index is 10.8. The molecule has 0 atom stereocenters. The van der Waals surface area contributed by atoms with Gasteiger partial charge in [-0.1, -0.05) is 18.2 Å². The SMILES string of the molecule is COc1cc(C=O)ccc1OCCCN1CCCc2ccccc21. The molecule has 0 saturated carbocycles. The third-order valence-electron chi connectivity index (χ3n) is 4.36. The fraction of sp³-hybridized carbons (Fsp3) is 0.350. The maximum atomic E-state index is 10.8. The first-order chi connectivity index (χ1) is 11.8. The predicted molar refractivity (Wildman–Crippen MR) is 95.5 cm³/mol. The summed E-state index contributed by atoms with van der Waals surface area (Å²) < 4.78 is 11.1. The fourth-order valence-corrected chi connectivity index (χ4v) is 3.16. The van der Waals surface area contributed by atoms with Crippen LogP contribution in [0.4, 0.5) is 5.69 Å². The molecule has 24 heavy (non-hydrogen) atoms. The summed E-state index contributed by atoms with van der Waals surface area (Å²) in [5.74, 6) is 1.28. The molecule has 2 aromatic carbocycles. The van der Waals surface area contributed by atoms with E-state index in [1.165, 1.54) is 24.1 Å². The summed E-state index contributed by atoms with van der Waals surface area (Å²) in [6.07, 6.45) is 4.12. The van der Waals surface area contributed by atoms with Crippen LogP contribution in [0, 0.1) is 0 Å². The minimum Gasteiger partial charge on any atom is -0.493 e. The Balaban J connectivity index is 1.54. The monoisotopic (exact) mass is 325 g/mol. The first-order valence-electron chi connectivity index (χ1n) is 8.40. The first-order valence-corrected chi connectivity index (χ1v) is 8.40. The number of hydrogen-bond acceptors (Lipinski definition) is 4. The van der Waals surface area contributed by atoms with Gasteiger partial charge in [-0.05, 0) is 49.1 Å². The number of carbonyl (C=O) groups is 1. The molecule has 0 bridgehead atoms. The lowest BCUT2D eigenvalue weighted by Gasteiger charge is -2.31. The maximum Gasteiger partial charge on any atom is 0.161 e. The molecule has 126 valence electrons. The lowest BCUT2D eigenvalue weighted by molar-refractivity contribution is 0.112. The van der Waals surface area contributed by atoms with E-state index in [0.29, 0.717) is 23.7 Å². The van der Waals surface area contributed by atoms with Crippen LogP contribution in [0.1, 0.15) is 28.8 Å². The molecule has 0 radical (unpaired) electrons. The highest BCUT2D eigenvalue weighted by Crippen LogP contribution is 2.28. The summed E-state index contributed by atoms with van der Waals surface area (Å²) in [7, 11) is 1.58. The van der Waals surface area contributed by atoms with Gasteiger partial charge in [0.2, 0.25) is 0 Å². The summed E-state index contributed by atoms with van der Waals surface area (Å²) in [6.45, 7) is 2.70. The van der Waals surface area contributed by atoms with Crippen molar-refractivity contribution in [2.24, 2.45) is 0 Å². The van der Waals surface area contributed by atoms with Crippen molar-refractivity contribution in [2.75, 3.05) is 31.7 Å². The average molecular weight is 325 g/mol. The van der Waals surface area contributed by atoms with Gasteiger partial charge >= 0.3 is 0 Å². The molecule has 0 spiro atoms. The van der Waals surface area contributed by atoms with Gasteiger partial charge in [0.15, 0.2) is 11.5 Å². The van der Waals surface area contributed by atoms with Gasteiger partial charge in [-0.3, -0.25) is 4.79 Å². The summed E-state index contributed by atoms with van der Waals surface area (Å²) in [4.78, 5) is 13.3. The Bertz CT molecular complexity index is 699. The minimum absolute atomic E-state index is 0.587. The van der Waals surface area contributed by atoms with Gasteiger partial charge in [0.05, 0.1) is 13.7 Å². The standard InChI is InChI=1S/C20H23NO3/c1-23-20-14-16(15-22)9-10-19(20)24-13-5-12-21-11-4-7-17-6-2-3-8-18(17)21/h2-3,6,8-10,14-15H,4-5,7,11-13H2,1H3. The second-order valence-electron chi connectivity index (χ2n) is 5.95. The zero-order valence-electron chi connectivity index (χ0n) is 14.0. The van der Waals surface area contributed by atoms with Crippen LogP contribution in [0.2, 0.25) is 0 Å². The number of hydrogen-bond donors (Lipinski definition) is 0. The number of rotatable bonds is 7. The topological polar surface area (TPSA) is 38.8 Å². The molecule has 0 saturated heterocycles. The Morgan fingerprint density at radius 2 is 2.04 bits per heavy atom. The third kappa shape index (κ3) is 3.70. The van der Waals surface area contributed by atoms with Gasteiger partial charge in [0.1, 0.15) is 6.29 Å². The number of methoxy groups -OCH3 is 1. The van der Waals surface area contributed by atoms with Crippen LogP contribution >= 0.6 is 0 Å². The molecule has 3 rings (SSSR count). The van der Waals surface area contributed by atoms with E-state index in [2.05, 4.69) is 29.2 Å². The van der Waals surface area contributed by atoms with Crippen LogP contribution in [-0.4, -0.2) is 33.1 Å². The van der Waals surface area contributed by atoms with Crippen molar-refractivity contribution in [2.45, 2.75) is 19.3 Å². The number of fused-ring (bicyclic) bond motifs is 1. The third-order valence-corrected chi connectivity index (χ3v) is 4.36. The van der Waals surface area contributed by atoms with Crippen molar-refractivity contribution in [3.8, 4) is 11.5 Å². The van der Waals surface area contributed by atoms with E-state index < -0.39 is 0 Å². The van der Waals surface area contributed by atoms with Gasteiger partial charge in [-0.25, -0.2) is 0 Å². The van der Waals surface area contributed by atoms with E-state index in [-0.39, 0.29) is 0 Å². The first kappa shape index (κ1) is 16.4. The van der Waals surface area contributed by atoms with Crippen molar-refractivity contribution in [3.05, 3.63) is 53.6 Å². The largest absolute Gasteiger partial charge is 0.493 e. The lowest BCUT2D eigenvalue weighted by atomic mass is 10.0. The van der Waals surface area contributed by atoms with E-state index in [1.54, 1.807) is 25.3 Å². The van der Waals surface area contributed by atoms with Crippen LogP contribution in [0.25, 0.3) is 0 Å². The van der Waals surface area contributed by atoms with Gasteiger partial charge in [-0.2, -0.15) is 0 Å². The van der Waals surface area contributed by atoms with E-state index in [4.69, 9.17) is 9.47 Å². The van der Waals surface area contributed by atoms with Crippen molar-refractivity contribution in [1.29, 1.82) is 0 Å². The molecule has 0 amide bonds. The highest BCUT2D eigenvalue weighted by Gasteiger charge is 2.15. The fourth-order valence-electron chi connectivity index (χ4n) is 3.16. The van der Waals surface area contributed by atoms with Crippen LogP contribution in [-0.2, 0) is 6.42 Å². The number of carbonyl (C=O) groups excluding carboxylic acids is 1. The Morgan fingerprint density at radius 3 is 2.88 bits per heavy atom. The van der Waals surface area contributed by atoms with E-state index in [9.17, 15) is 4.79 Å². The molecule has 0 aliphatic carbocycles. The quantitative estimate of drug-likeness (QED) is 0.574. The molecule has 4 nitrogen and oxygen atoms in total. The van der Waals surface area contributed by atoms with Gasteiger partial charge in [-0.15, -0.1) is 0 Å². The Kier molecular flexibility index (Phi) is 5.36. The normalized spacial score (nSPS) is 13.3. The van der Waals surface area contributed by atoms with Crippen molar-refractivity contribution < 1.29 is 14.3 Å². The Hall–Kier alpha value is -2.49. The number of benzene rings is 2. The average Bonchev–Trinajstić information content (AvgIpc) is 2.65. The number of ether oxygens (including phenoxy) is 2. The summed E-state index contributed by atoms with van der Waals surface area (Å²) >= 11 is 0. The number of anilines is 1. The molecular formula is C20H23NO3. The lowest BCUT2D eigenvalue weighted by Crippen LogP contribution is -2.31. The molecule has 1 aliphatic heterocycles. The van der Waals surface area contributed by atoms with E-state index >= 15 is 0 Å². The zero-order chi connectivity index (χ0) is 16.8.